The molecule has 1 fully saturated rings. The van der Waals surface area contributed by atoms with Crippen LogP contribution >= 0.6 is 0 Å². The molecular formula is C9H19NO2S. The Morgan fingerprint density at radius 2 is 2.08 bits per heavy atom. The summed E-state index contributed by atoms with van der Waals surface area (Å²) < 4.78 is 21.5. The molecule has 0 heterocycles. The average Bonchev–Trinajstić information content (AvgIpc) is 1.90. The Labute approximate surface area is 80.8 Å². The summed E-state index contributed by atoms with van der Waals surface area (Å²) in [5.74, 6) is 1.17. The zero-order valence-electron chi connectivity index (χ0n) is 8.25. The van der Waals surface area contributed by atoms with Crippen LogP contribution in [0.25, 0.3) is 0 Å². The predicted octanol–water partition coefficient (Wildman–Crippen LogP) is 0.811. The Morgan fingerprint density at radius 3 is 2.54 bits per heavy atom. The standard InChI is InChI=1S/C9H19NO2S/c1-13(11,12)7-3-6-10-8-9-4-2-5-9/h9-10H,2-8H2,1H3. The molecule has 0 amide bonds. The minimum atomic E-state index is -2.76. The zero-order valence-corrected chi connectivity index (χ0v) is 9.07. The van der Waals surface area contributed by atoms with E-state index < -0.39 is 9.84 Å². The fraction of sp³-hybridized carbons (Fsp3) is 1.00. The average molecular weight is 205 g/mol. The Balaban J connectivity index is 1.89. The van der Waals surface area contributed by atoms with E-state index in [1.807, 2.05) is 0 Å². The number of hydrogen-bond acceptors (Lipinski definition) is 3. The van der Waals surface area contributed by atoms with Crippen molar-refractivity contribution in [1.82, 2.24) is 5.32 Å². The van der Waals surface area contributed by atoms with Crippen molar-refractivity contribution in [3.8, 4) is 0 Å². The second-order valence-corrected chi connectivity index (χ2v) is 6.24. The molecule has 0 aliphatic heterocycles. The van der Waals surface area contributed by atoms with Crippen molar-refractivity contribution in [2.24, 2.45) is 5.92 Å². The lowest BCUT2D eigenvalue weighted by atomic mass is 9.85. The second-order valence-electron chi connectivity index (χ2n) is 3.98. The molecular weight excluding hydrogens is 186 g/mol. The van der Waals surface area contributed by atoms with Crippen molar-refractivity contribution < 1.29 is 8.42 Å². The third kappa shape index (κ3) is 5.26. The molecule has 0 unspecified atom stereocenters. The summed E-state index contributed by atoms with van der Waals surface area (Å²) in [6.45, 7) is 1.91. The van der Waals surface area contributed by atoms with Crippen molar-refractivity contribution in [3.05, 3.63) is 0 Å². The maximum absolute atomic E-state index is 10.8. The van der Waals surface area contributed by atoms with Crippen LogP contribution < -0.4 is 5.32 Å². The van der Waals surface area contributed by atoms with Gasteiger partial charge in [0.25, 0.3) is 0 Å². The predicted molar refractivity (Wildman–Crippen MR) is 54.5 cm³/mol. The molecule has 0 aromatic heterocycles. The van der Waals surface area contributed by atoms with E-state index in [1.54, 1.807) is 0 Å². The van der Waals surface area contributed by atoms with Crippen LogP contribution in [0.15, 0.2) is 0 Å². The van der Waals surface area contributed by atoms with Crippen LogP contribution in [0.1, 0.15) is 25.7 Å². The molecule has 78 valence electrons. The van der Waals surface area contributed by atoms with E-state index in [4.69, 9.17) is 0 Å². The summed E-state index contributed by atoms with van der Waals surface area (Å²) in [7, 11) is -2.76. The van der Waals surface area contributed by atoms with Crippen molar-refractivity contribution in [1.29, 1.82) is 0 Å². The maximum atomic E-state index is 10.8. The first-order valence-corrected chi connectivity index (χ1v) is 7.02. The second kappa shape index (κ2) is 4.96. The van der Waals surface area contributed by atoms with Crippen LogP contribution in [0.5, 0.6) is 0 Å². The Hall–Kier alpha value is -0.0900. The lowest BCUT2D eigenvalue weighted by Gasteiger charge is -2.25. The molecule has 1 aliphatic carbocycles. The third-order valence-corrected chi connectivity index (χ3v) is 3.56. The minimum absolute atomic E-state index is 0.310. The molecule has 0 aromatic carbocycles. The highest BCUT2D eigenvalue weighted by molar-refractivity contribution is 7.90. The number of nitrogens with one attached hydrogen (secondary N) is 1. The molecule has 1 rings (SSSR count). The van der Waals surface area contributed by atoms with Crippen LogP contribution in [0.3, 0.4) is 0 Å². The van der Waals surface area contributed by atoms with Gasteiger partial charge in [-0.3, -0.25) is 0 Å². The van der Waals surface area contributed by atoms with Crippen LogP contribution in [0, 0.1) is 5.92 Å². The molecule has 3 nitrogen and oxygen atoms in total. The van der Waals surface area contributed by atoms with Gasteiger partial charge >= 0.3 is 0 Å². The Morgan fingerprint density at radius 1 is 1.38 bits per heavy atom. The van der Waals surface area contributed by atoms with Crippen molar-refractivity contribution in [3.63, 3.8) is 0 Å². The summed E-state index contributed by atoms with van der Waals surface area (Å²) in [5.41, 5.74) is 0. The van der Waals surface area contributed by atoms with Gasteiger partial charge < -0.3 is 5.32 Å². The fourth-order valence-corrected chi connectivity index (χ4v) is 2.13. The topological polar surface area (TPSA) is 46.2 Å². The molecule has 1 aliphatic rings. The highest BCUT2D eigenvalue weighted by atomic mass is 32.2. The summed E-state index contributed by atoms with van der Waals surface area (Å²) in [4.78, 5) is 0. The molecule has 1 N–H and O–H groups in total. The molecule has 0 bridgehead atoms. The normalized spacial score (nSPS) is 18.5. The van der Waals surface area contributed by atoms with Crippen LogP contribution in [0.4, 0.5) is 0 Å². The van der Waals surface area contributed by atoms with E-state index in [2.05, 4.69) is 5.32 Å². The fourth-order valence-electron chi connectivity index (χ4n) is 1.46. The molecule has 0 aromatic rings. The van der Waals surface area contributed by atoms with E-state index in [9.17, 15) is 8.42 Å². The van der Waals surface area contributed by atoms with Crippen LogP contribution in [0.2, 0.25) is 0 Å². The van der Waals surface area contributed by atoms with Gasteiger partial charge in [0.2, 0.25) is 0 Å². The van der Waals surface area contributed by atoms with E-state index in [-0.39, 0.29) is 0 Å². The molecule has 0 spiro atoms. The van der Waals surface area contributed by atoms with Gasteiger partial charge in [0.05, 0.1) is 5.75 Å². The molecule has 0 radical (unpaired) electrons. The molecule has 4 heteroatoms. The van der Waals surface area contributed by atoms with Crippen molar-refractivity contribution in [2.75, 3.05) is 25.1 Å². The molecule has 1 saturated carbocycles. The van der Waals surface area contributed by atoms with Gasteiger partial charge in [-0.2, -0.15) is 0 Å². The van der Waals surface area contributed by atoms with E-state index in [0.29, 0.717) is 5.75 Å². The summed E-state index contributed by atoms with van der Waals surface area (Å²) in [5, 5.41) is 3.30. The first-order chi connectivity index (χ1) is 6.08. The number of hydrogen-bond donors (Lipinski definition) is 1. The summed E-state index contributed by atoms with van der Waals surface area (Å²) in [6.07, 6.45) is 6.10. The third-order valence-electron chi connectivity index (χ3n) is 2.53. The Kier molecular flexibility index (Phi) is 4.19. The monoisotopic (exact) mass is 205 g/mol. The van der Waals surface area contributed by atoms with Gasteiger partial charge in [-0.1, -0.05) is 6.42 Å². The van der Waals surface area contributed by atoms with Gasteiger partial charge in [0, 0.05) is 6.26 Å². The largest absolute Gasteiger partial charge is 0.316 e. The lowest BCUT2D eigenvalue weighted by molar-refractivity contribution is 0.302. The molecule has 0 atom stereocenters. The highest BCUT2D eigenvalue weighted by Crippen LogP contribution is 2.24. The number of rotatable bonds is 6. The summed E-state index contributed by atoms with van der Waals surface area (Å²) in [6, 6.07) is 0. The minimum Gasteiger partial charge on any atom is -0.316 e. The maximum Gasteiger partial charge on any atom is 0.147 e. The van der Waals surface area contributed by atoms with Gasteiger partial charge in [-0.25, -0.2) is 8.42 Å². The van der Waals surface area contributed by atoms with Crippen molar-refractivity contribution >= 4 is 9.84 Å². The first kappa shape index (κ1) is 11.0. The van der Waals surface area contributed by atoms with Crippen LogP contribution in [-0.4, -0.2) is 33.5 Å². The van der Waals surface area contributed by atoms with Crippen molar-refractivity contribution in [2.45, 2.75) is 25.7 Å². The van der Waals surface area contributed by atoms with Gasteiger partial charge in [-0.15, -0.1) is 0 Å². The van der Waals surface area contributed by atoms with Gasteiger partial charge in [0.1, 0.15) is 9.84 Å². The van der Waals surface area contributed by atoms with E-state index in [0.717, 1.165) is 25.4 Å². The van der Waals surface area contributed by atoms with E-state index in [1.165, 1.54) is 25.5 Å². The first-order valence-electron chi connectivity index (χ1n) is 4.96. The quantitative estimate of drug-likeness (QED) is 0.653. The molecule has 13 heavy (non-hydrogen) atoms. The lowest BCUT2D eigenvalue weighted by Crippen LogP contribution is -2.28. The van der Waals surface area contributed by atoms with E-state index >= 15 is 0 Å². The summed E-state index contributed by atoms with van der Waals surface area (Å²) >= 11 is 0. The highest BCUT2D eigenvalue weighted by Gasteiger charge is 2.16. The Bertz CT molecular complexity index is 232. The van der Waals surface area contributed by atoms with Gasteiger partial charge in [0.15, 0.2) is 0 Å². The smallest absolute Gasteiger partial charge is 0.147 e. The number of sulfone groups is 1. The molecule has 0 saturated heterocycles. The van der Waals surface area contributed by atoms with Gasteiger partial charge in [-0.05, 0) is 38.3 Å². The van der Waals surface area contributed by atoms with Crippen LogP contribution in [-0.2, 0) is 9.84 Å². The SMILES string of the molecule is CS(=O)(=O)CCCNCC1CCC1. The zero-order chi connectivity index (χ0) is 9.73.